The van der Waals surface area contributed by atoms with E-state index >= 15 is 0 Å². The molecule has 0 bridgehead atoms. The van der Waals surface area contributed by atoms with Crippen LogP contribution in [0.15, 0.2) is 82.7 Å². The zero-order chi connectivity index (χ0) is 25.9. The van der Waals surface area contributed by atoms with E-state index in [1.54, 1.807) is 31.4 Å². The number of methoxy groups -OCH3 is 1. The fourth-order valence-electron chi connectivity index (χ4n) is 3.91. The minimum Gasteiger partial charge on any atom is -0.493 e. The summed E-state index contributed by atoms with van der Waals surface area (Å²) in [6.45, 7) is 2.22. The van der Waals surface area contributed by atoms with Crippen LogP contribution in [-0.2, 0) is 11.4 Å². The van der Waals surface area contributed by atoms with E-state index in [-0.39, 0.29) is 5.91 Å². The third-order valence-electron chi connectivity index (χ3n) is 5.86. The quantitative estimate of drug-likeness (QED) is 0.248. The molecule has 4 aromatic rings. The molecule has 1 fully saturated rings. The highest BCUT2D eigenvalue weighted by Gasteiger charge is 2.24. The minimum absolute atomic E-state index is 0.241. The van der Waals surface area contributed by atoms with Crippen LogP contribution in [0.1, 0.15) is 16.7 Å². The summed E-state index contributed by atoms with van der Waals surface area (Å²) >= 11 is 14.0. The fraction of sp³-hybridized carbons (Fsp3) is 0.103. The molecule has 0 atom stereocenters. The molecule has 0 aliphatic carbocycles. The molecule has 1 amide bonds. The summed E-state index contributed by atoms with van der Waals surface area (Å²) in [5.74, 6) is 0.684. The fourth-order valence-corrected chi connectivity index (χ4v) is 5.18. The first-order valence-corrected chi connectivity index (χ1v) is 13.0. The van der Waals surface area contributed by atoms with Gasteiger partial charge in [0.1, 0.15) is 6.61 Å². The van der Waals surface area contributed by atoms with Crippen LogP contribution in [0, 0.1) is 6.92 Å². The molecule has 186 valence electrons. The lowest BCUT2D eigenvalue weighted by atomic mass is 10.1. The first kappa shape index (κ1) is 25.2. The molecule has 0 aromatic heterocycles. The van der Waals surface area contributed by atoms with E-state index in [1.165, 1.54) is 17.1 Å². The van der Waals surface area contributed by atoms with E-state index in [1.807, 2.05) is 37.3 Å². The molecule has 0 saturated carbocycles. The molecule has 1 heterocycles. The maximum Gasteiger partial charge on any atom is 0.264 e. The number of aliphatic imine (C=N–C) groups is 1. The van der Waals surface area contributed by atoms with Gasteiger partial charge in [0.15, 0.2) is 16.7 Å². The van der Waals surface area contributed by atoms with Crippen molar-refractivity contribution < 1.29 is 14.3 Å². The number of fused-ring (bicyclic) bond motifs is 1. The Morgan fingerprint density at radius 2 is 1.78 bits per heavy atom. The normalized spacial score (nSPS) is 15.4. The first-order chi connectivity index (χ1) is 17.9. The average Bonchev–Trinajstić information content (AvgIpc) is 3.23. The van der Waals surface area contributed by atoms with E-state index < -0.39 is 0 Å². The maximum absolute atomic E-state index is 12.6. The standard InChI is InChI=1S/C29H22Cl2N2O3S/c1-17-22(30)8-5-9-24(17)32-29-33-28(34)26(37-29)15-19-13-23(31)27(25(14-19)35-2)36-16-18-10-11-20-6-3-4-7-21(20)12-18/h3-15H,16H2,1-2H3,(H,32,33,34)/b26-15+. The third kappa shape index (κ3) is 5.62. The Morgan fingerprint density at radius 3 is 2.59 bits per heavy atom. The maximum atomic E-state index is 12.6. The van der Waals surface area contributed by atoms with Gasteiger partial charge in [-0.15, -0.1) is 0 Å². The van der Waals surface area contributed by atoms with Gasteiger partial charge in [-0.2, -0.15) is 0 Å². The summed E-state index contributed by atoms with van der Waals surface area (Å²) in [6, 6.07) is 23.4. The van der Waals surface area contributed by atoms with Gasteiger partial charge in [0.25, 0.3) is 5.91 Å². The second-order valence-corrected chi connectivity index (χ2v) is 10.2. The van der Waals surface area contributed by atoms with Gasteiger partial charge >= 0.3 is 0 Å². The Bertz CT molecular complexity index is 1580. The molecular weight excluding hydrogens is 527 g/mol. The van der Waals surface area contributed by atoms with Crippen LogP contribution in [0.25, 0.3) is 16.8 Å². The molecule has 8 heteroatoms. The van der Waals surface area contributed by atoms with E-state index in [9.17, 15) is 4.79 Å². The third-order valence-corrected chi connectivity index (χ3v) is 7.46. The van der Waals surface area contributed by atoms with Crippen molar-refractivity contribution in [3.8, 4) is 11.5 Å². The van der Waals surface area contributed by atoms with Crippen molar-refractivity contribution in [3.63, 3.8) is 0 Å². The van der Waals surface area contributed by atoms with Crippen molar-refractivity contribution in [2.75, 3.05) is 7.11 Å². The number of hydrogen-bond donors (Lipinski definition) is 1. The number of amidine groups is 1. The van der Waals surface area contributed by atoms with Crippen LogP contribution in [0.5, 0.6) is 11.5 Å². The Balaban J connectivity index is 1.35. The lowest BCUT2D eigenvalue weighted by Crippen LogP contribution is -2.19. The van der Waals surface area contributed by atoms with Crippen LogP contribution >= 0.6 is 35.0 Å². The summed E-state index contributed by atoms with van der Waals surface area (Å²) in [4.78, 5) is 17.6. The van der Waals surface area contributed by atoms with E-state index in [4.69, 9.17) is 32.7 Å². The van der Waals surface area contributed by atoms with Gasteiger partial charge in [0, 0.05) is 5.02 Å². The van der Waals surface area contributed by atoms with E-state index in [2.05, 4.69) is 34.6 Å². The van der Waals surface area contributed by atoms with Gasteiger partial charge in [0.2, 0.25) is 0 Å². The summed E-state index contributed by atoms with van der Waals surface area (Å²) in [5, 5.41) is 6.60. The van der Waals surface area contributed by atoms with Crippen molar-refractivity contribution in [2.24, 2.45) is 4.99 Å². The van der Waals surface area contributed by atoms with Crippen molar-refractivity contribution in [3.05, 3.63) is 104 Å². The Labute approximate surface area is 229 Å². The van der Waals surface area contributed by atoms with Crippen LogP contribution in [-0.4, -0.2) is 18.2 Å². The highest BCUT2D eigenvalue weighted by Crippen LogP contribution is 2.39. The molecule has 4 aromatic carbocycles. The first-order valence-electron chi connectivity index (χ1n) is 11.4. The van der Waals surface area contributed by atoms with Gasteiger partial charge < -0.3 is 14.8 Å². The number of amides is 1. The van der Waals surface area contributed by atoms with Crippen LogP contribution in [0.2, 0.25) is 10.0 Å². The predicted molar refractivity (Wildman–Crippen MR) is 153 cm³/mol. The molecule has 0 radical (unpaired) electrons. The number of rotatable bonds is 6. The molecule has 1 saturated heterocycles. The lowest BCUT2D eigenvalue weighted by molar-refractivity contribution is -0.115. The summed E-state index contributed by atoms with van der Waals surface area (Å²) in [6.07, 6.45) is 1.74. The van der Waals surface area contributed by atoms with Crippen molar-refractivity contribution >= 4 is 68.6 Å². The van der Waals surface area contributed by atoms with Crippen LogP contribution in [0.3, 0.4) is 0 Å². The molecule has 1 aliphatic rings. The number of ether oxygens (including phenoxy) is 2. The molecule has 0 unspecified atom stereocenters. The molecule has 5 nitrogen and oxygen atoms in total. The predicted octanol–water partition coefficient (Wildman–Crippen LogP) is 7.93. The number of nitrogens with zero attached hydrogens (tertiary/aromatic N) is 1. The molecule has 5 rings (SSSR count). The summed E-state index contributed by atoms with van der Waals surface area (Å²) < 4.78 is 11.6. The van der Waals surface area contributed by atoms with Crippen molar-refractivity contribution in [1.82, 2.24) is 5.32 Å². The molecule has 1 N–H and O–H groups in total. The highest BCUT2D eigenvalue weighted by atomic mass is 35.5. The number of benzene rings is 4. The monoisotopic (exact) mass is 548 g/mol. The average molecular weight is 549 g/mol. The number of thioether (sulfide) groups is 1. The molecule has 0 spiro atoms. The van der Waals surface area contributed by atoms with E-state index in [0.717, 1.165) is 16.5 Å². The van der Waals surface area contributed by atoms with Gasteiger partial charge in [-0.3, -0.25) is 4.79 Å². The second kappa shape index (κ2) is 10.9. The zero-order valence-corrected chi connectivity index (χ0v) is 22.4. The van der Waals surface area contributed by atoms with Gasteiger partial charge in [-0.05, 0) is 82.6 Å². The summed E-state index contributed by atoms with van der Waals surface area (Å²) in [7, 11) is 1.56. The largest absolute Gasteiger partial charge is 0.493 e. The van der Waals surface area contributed by atoms with Crippen molar-refractivity contribution in [1.29, 1.82) is 0 Å². The number of halogens is 2. The molecule has 37 heavy (non-hydrogen) atoms. The smallest absolute Gasteiger partial charge is 0.264 e. The van der Waals surface area contributed by atoms with Gasteiger partial charge in [-0.25, -0.2) is 4.99 Å². The Hall–Kier alpha value is -3.45. The topological polar surface area (TPSA) is 59.9 Å². The molecule has 1 aliphatic heterocycles. The SMILES string of the molecule is COc1cc(/C=C2/SC(=Nc3cccc(Cl)c3C)NC2=O)cc(Cl)c1OCc1ccc2ccccc2c1. The van der Waals surface area contributed by atoms with Gasteiger partial charge in [-0.1, -0.05) is 65.7 Å². The van der Waals surface area contributed by atoms with Crippen LogP contribution in [0.4, 0.5) is 5.69 Å². The van der Waals surface area contributed by atoms with Crippen LogP contribution < -0.4 is 14.8 Å². The zero-order valence-electron chi connectivity index (χ0n) is 20.0. The lowest BCUT2D eigenvalue weighted by Gasteiger charge is -2.14. The number of carbonyl (C=O) groups excluding carboxylic acids is 1. The van der Waals surface area contributed by atoms with Crippen molar-refractivity contribution in [2.45, 2.75) is 13.5 Å². The highest BCUT2D eigenvalue weighted by molar-refractivity contribution is 8.18. The molecular formula is C29H22Cl2N2O3S. The number of nitrogens with one attached hydrogen (secondary N) is 1. The summed E-state index contributed by atoms with van der Waals surface area (Å²) in [5.41, 5.74) is 3.27. The van der Waals surface area contributed by atoms with Gasteiger partial charge in [0.05, 0.1) is 22.7 Å². The van der Waals surface area contributed by atoms with E-state index in [0.29, 0.717) is 49.5 Å². The number of carbonyl (C=O) groups is 1. The Morgan fingerprint density at radius 1 is 0.973 bits per heavy atom. The Kier molecular flexibility index (Phi) is 7.42. The number of hydrogen-bond acceptors (Lipinski definition) is 5. The second-order valence-electron chi connectivity index (χ2n) is 8.37. The minimum atomic E-state index is -0.241.